The molecule has 0 aliphatic carbocycles. The number of carbonyl (C=O) groups is 1. The lowest BCUT2D eigenvalue weighted by Gasteiger charge is -2.30. The van der Waals surface area contributed by atoms with Gasteiger partial charge in [-0.2, -0.15) is 0 Å². The Morgan fingerprint density at radius 3 is 2.05 bits per heavy atom. The standard InChI is InChI=1S/C25H25Cl2N3O5S2/c26-22-6-2-1-5-19(22)17-36(32,33)30-15-13-18(14-16-30)25(31)28-20-9-11-21(12-10-20)37(34,35)29-24-8-4-3-7-23(24)27/h1-12,18,29H,13-17H2,(H,28,31). The molecule has 1 aliphatic rings. The minimum atomic E-state index is -3.86. The average Bonchev–Trinajstić information content (AvgIpc) is 2.87. The number of amides is 1. The maximum Gasteiger partial charge on any atom is 0.261 e. The van der Waals surface area contributed by atoms with Crippen LogP contribution >= 0.6 is 23.2 Å². The molecule has 12 heteroatoms. The van der Waals surface area contributed by atoms with Crippen LogP contribution in [0.25, 0.3) is 0 Å². The van der Waals surface area contributed by atoms with E-state index in [1.54, 1.807) is 48.5 Å². The number of hydrogen-bond donors (Lipinski definition) is 2. The number of nitrogens with zero attached hydrogens (tertiary/aromatic N) is 1. The minimum Gasteiger partial charge on any atom is -0.326 e. The van der Waals surface area contributed by atoms with Gasteiger partial charge in [-0.3, -0.25) is 9.52 Å². The van der Waals surface area contributed by atoms with Crippen molar-refractivity contribution in [3.8, 4) is 0 Å². The lowest BCUT2D eigenvalue weighted by molar-refractivity contribution is -0.120. The average molecular weight is 583 g/mol. The third kappa shape index (κ3) is 6.82. The SMILES string of the molecule is O=C(Nc1ccc(S(=O)(=O)Nc2ccccc2Cl)cc1)C1CCN(S(=O)(=O)Cc2ccccc2Cl)CC1. The Balaban J connectivity index is 1.32. The van der Waals surface area contributed by atoms with Gasteiger partial charge in [-0.25, -0.2) is 21.1 Å². The van der Waals surface area contributed by atoms with Crippen molar-refractivity contribution in [1.82, 2.24) is 4.31 Å². The molecule has 1 fully saturated rings. The van der Waals surface area contributed by atoms with E-state index in [1.165, 1.54) is 28.6 Å². The Kier molecular flexibility index (Phi) is 8.45. The molecule has 37 heavy (non-hydrogen) atoms. The molecule has 1 saturated heterocycles. The van der Waals surface area contributed by atoms with Crippen LogP contribution in [0.1, 0.15) is 18.4 Å². The number of benzene rings is 3. The molecule has 2 N–H and O–H groups in total. The van der Waals surface area contributed by atoms with Gasteiger partial charge in [0, 0.05) is 29.7 Å². The van der Waals surface area contributed by atoms with Crippen molar-refractivity contribution in [3.63, 3.8) is 0 Å². The van der Waals surface area contributed by atoms with Crippen molar-refractivity contribution in [2.24, 2.45) is 5.92 Å². The van der Waals surface area contributed by atoms with E-state index < -0.39 is 20.0 Å². The summed E-state index contributed by atoms with van der Waals surface area (Å²) in [6.45, 7) is 0.464. The number of carbonyl (C=O) groups excluding carboxylic acids is 1. The second-order valence-electron chi connectivity index (χ2n) is 8.62. The summed E-state index contributed by atoms with van der Waals surface area (Å²) in [5.74, 6) is -0.797. The number of piperidine rings is 1. The van der Waals surface area contributed by atoms with E-state index in [1.807, 2.05) is 0 Å². The summed E-state index contributed by atoms with van der Waals surface area (Å²) in [6.07, 6.45) is 0.754. The number of nitrogens with one attached hydrogen (secondary N) is 2. The first kappa shape index (κ1) is 27.4. The number of para-hydroxylation sites is 1. The van der Waals surface area contributed by atoms with Gasteiger partial charge in [-0.15, -0.1) is 0 Å². The zero-order valence-electron chi connectivity index (χ0n) is 19.6. The lowest BCUT2D eigenvalue weighted by atomic mass is 9.97. The number of anilines is 2. The third-order valence-corrected chi connectivity index (χ3v) is 9.97. The maximum absolute atomic E-state index is 12.8. The Bertz CT molecular complexity index is 1490. The molecule has 4 rings (SSSR count). The molecule has 0 radical (unpaired) electrons. The molecular weight excluding hydrogens is 557 g/mol. The lowest BCUT2D eigenvalue weighted by Crippen LogP contribution is -2.41. The summed E-state index contributed by atoms with van der Waals surface area (Å²) in [5, 5.41) is 3.47. The van der Waals surface area contributed by atoms with E-state index in [4.69, 9.17) is 23.2 Å². The van der Waals surface area contributed by atoms with Crippen LogP contribution in [-0.2, 0) is 30.6 Å². The normalized spacial score (nSPS) is 15.3. The first-order chi connectivity index (χ1) is 17.5. The van der Waals surface area contributed by atoms with Crippen molar-refractivity contribution in [2.75, 3.05) is 23.1 Å². The largest absolute Gasteiger partial charge is 0.326 e. The van der Waals surface area contributed by atoms with Crippen molar-refractivity contribution in [2.45, 2.75) is 23.5 Å². The highest BCUT2D eigenvalue weighted by Gasteiger charge is 2.31. The highest BCUT2D eigenvalue weighted by atomic mass is 35.5. The van der Waals surface area contributed by atoms with Crippen LogP contribution in [0.4, 0.5) is 11.4 Å². The molecular formula is C25H25Cl2N3O5S2. The summed E-state index contributed by atoms with van der Waals surface area (Å²) in [6, 6.07) is 19.1. The molecule has 0 saturated carbocycles. The third-order valence-electron chi connectivity index (χ3n) is 6.06. The molecule has 1 heterocycles. The Hall–Kier alpha value is -2.63. The van der Waals surface area contributed by atoms with Crippen LogP contribution in [0.5, 0.6) is 0 Å². The molecule has 0 unspecified atom stereocenters. The maximum atomic E-state index is 12.8. The van der Waals surface area contributed by atoms with Crippen molar-refractivity contribution < 1.29 is 21.6 Å². The van der Waals surface area contributed by atoms with E-state index in [0.717, 1.165) is 0 Å². The van der Waals surface area contributed by atoms with Gasteiger partial charge < -0.3 is 5.32 Å². The topological polar surface area (TPSA) is 113 Å². The number of hydrogen-bond acceptors (Lipinski definition) is 5. The second kappa shape index (κ2) is 11.4. The van der Waals surface area contributed by atoms with Gasteiger partial charge in [0.05, 0.1) is 21.4 Å². The molecule has 0 spiro atoms. The first-order valence-corrected chi connectivity index (χ1v) is 15.3. The predicted octanol–water partition coefficient (Wildman–Crippen LogP) is 4.97. The Morgan fingerprint density at radius 1 is 0.838 bits per heavy atom. The van der Waals surface area contributed by atoms with Crippen LogP contribution in [-0.4, -0.2) is 40.1 Å². The van der Waals surface area contributed by atoms with Gasteiger partial charge in [-0.05, 0) is 60.9 Å². The smallest absolute Gasteiger partial charge is 0.261 e. The van der Waals surface area contributed by atoms with Crippen LogP contribution < -0.4 is 10.0 Å². The van der Waals surface area contributed by atoms with Gasteiger partial charge in [-0.1, -0.05) is 53.5 Å². The van der Waals surface area contributed by atoms with E-state index in [-0.39, 0.29) is 46.3 Å². The van der Waals surface area contributed by atoms with E-state index in [0.29, 0.717) is 29.1 Å². The summed E-state index contributed by atoms with van der Waals surface area (Å²) in [5.41, 5.74) is 1.24. The molecule has 1 aliphatic heterocycles. The van der Waals surface area contributed by atoms with Gasteiger partial charge >= 0.3 is 0 Å². The quantitative estimate of drug-likeness (QED) is 0.389. The number of halogens is 2. The van der Waals surface area contributed by atoms with Crippen LogP contribution in [0.15, 0.2) is 77.7 Å². The van der Waals surface area contributed by atoms with Gasteiger partial charge in [0.25, 0.3) is 10.0 Å². The number of sulfonamides is 2. The zero-order chi connectivity index (χ0) is 26.6. The summed E-state index contributed by atoms with van der Waals surface area (Å²) >= 11 is 12.1. The summed E-state index contributed by atoms with van der Waals surface area (Å²) in [7, 11) is -7.43. The first-order valence-electron chi connectivity index (χ1n) is 11.4. The van der Waals surface area contributed by atoms with Crippen LogP contribution in [0.2, 0.25) is 10.0 Å². The highest BCUT2D eigenvalue weighted by molar-refractivity contribution is 7.92. The molecule has 3 aromatic rings. The van der Waals surface area contributed by atoms with Gasteiger partial charge in [0.1, 0.15) is 0 Å². The van der Waals surface area contributed by atoms with Crippen molar-refractivity contribution in [3.05, 3.63) is 88.4 Å². The zero-order valence-corrected chi connectivity index (χ0v) is 22.7. The van der Waals surface area contributed by atoms with Crippen LogP contribution in [0, 0.1) is 5.92 Å². The predicted molar refractivity (Wildman–Crippen MR) is 146 cm³/mol. The fraction of sp³-hybridized carbons (Fsp3) is 0.240. The number of rotatable bonds is 8. The molecule has 3 aromatic carbocycles. The van der Waals surface area contributed by atoms with Gasteiger partial charge in [0.15, 0.2) is 0 Å². The van der Waals surface area contributed by atoms with Crippen molar-refractivity contribution in [1.29, 1.82) is 0 Å². The fourth-order valence-corrected chi connectivity index (χ4v) is 7.20. The molecule has 1 amide bonds. The summed E-state index contributed by atoms with van der Waals surface area (Å²) < 4.78 is 54.8. The van der Waals surface area contributed by atoms with Crippen LogP contribution in [0.3, 0.4) is 0 Å². The van der Waals surface area contributed by atoms with Gasteiger partial charge in [0.2, 0.25) is 15.9 Å². The molecule has 0 bridgehead atoms. The Morgan fingerprint density at radius 2 is 1.43 bits per heavy atom. The summed E-state index contributed by atoms with van der Waals surface area (Å²) in [4.78, 5) is 12.8. The fourth-order valence-electron chi connectivity index (χ4n) is 4.01. The van der Waals surface area contributed by atoms with E-state index in [9.17, 15) is 21.6 Å². The highest BCUT2D eigenvalue weighted by Crippen LogP contribution is 2.27. The molecule has 0 aromatic heterocycles. The van der Waals surface area contributed by atoms with Crippen molar-refractivity contribution >= 4 is 60.5 Å². The monoisotopic (exact) mass is 581 g/mol. The molecule has 8 nitrogen and oxygen atoms in total. The second-order valence-corrected chi connectivity index (χ2v) is 13.1. The molecule has 0 atom stereocenters. The Labute approximate surface area is 226 Å². The minimum absolute atomic E-state index is 0.0162. The van der Waals surface area contributed by atoms with E-state index >= 15 is 0 Å². The van der Waals surface area contributed by atoms with E-state index in [2.05, 4.69) is 10.0 Å². The molecule has 196 valence electrons.